The Kier molecular flexibility index (Phi) is 15.2. The van der Waals surface area contributed by atoms with Gasteiger partial charge in [0.15, 0.2) is 0 Å². The van der Waals surface area contributed by atoms with Crippen molar-refractivity contribution in [3.8, 4) is 22.4 Å². The molecule has 12 nitrogen and oxygen atoms in total. The Balaban J connectivity index is 0.00000221. The summed E-state index contributed by atoms with van der Waals surface area (Å²) in [4.78, 5) is 51.3. The number of alkyl carbamates (subject to hydrolysis) is 1. The number of H-pyrrole nitrogens is 1. The number of nitrogens with zero attached hydrogens (tertiary/aromatic N) is 3. The third-order valence-electron chi connectivity index (χ3n) is 12.6. The molecule has 3 aliphatic heterocycles. The van der Waals surface area contributed by atoms with E-state index in [1.807, 2.05) is 52.6 Å². The molecule has 0 aliphatic carbocycles. The molecule has 4 atom stereocenters. The number of rotatable bonds is 12. The third kappa shape index (κ3) is 10.5. The molecule has 0 radical (unpaired) electrons. The Morgan fingerprint density at radius 3 is 2.35 bits per heavy atom. The highest BCUT2D eigenvalue weighted by molar-refractivity contribution is 5.90. The number of carbonyl (C=O) groups excluding carboxylic acids is 3. The number of likely N-dealkylation sites (tertiary alicyclic amines) is 2. The van der Waals surface area contributed by atoms with Crippen LogP contribution in [0.2, 0.25) is 0 Å². The van der Waals surface area contributed by atoms with E-state index in [-0.39, 0.29) is 38.9 Å². The lowest BCUT2D eigenvalue weighted by Crippen LogP contribution is -2.57. The van der Waals surface area contributed by atoms with E-state index in [1.165, 1.54) is 7.11 Å². The number of carbonyl (C=O) groups is 3. The molecule has 12 heteroatoms. The Bertz CT molecular complexity index is 2240. The van der Waals surface area contributed by atoms with Gasteiger partial charge in [-0.3, -0.25) is 9.69 Å². The fraction of sp³-hybridized carbons (Fsp3) is 0.480. The highest BCUT2D eigenvalue weighted by atomic mass is 16.6. The predicted octanol–water partition coefficient (Wildman–Crippen LogP) is 10.5. The molecule has 4 aromatic rings. The fourth-order valence-corrected chi connectivity index (χ4v) is 8.75. The molecule has 0 spiro atoms. The zero-order valence-corrected chi connectivity index (χ0v) is 37.9. The van der Waals surface area contributed by atoms with Crippen LogP contribution in [0.25, 0.3) is 38.9 Å². The summed E-state index contributed by atoms with van der Waals surface area (Å²) in [5.74, 6) is 0.675. The number of aromatic nitrogens is 2. The first-order valence-corrected chi connectivity index (χ1v) is 22.4. The van der Waals surface area contributed by atoms with Gasteiger partial charge in [-0.2, -0.15) is 0 Å². The van der Waals surface area contributed by atoms with Crippen molar-refractivity contribution in [2.75, 3.05) is 33.4 Å². The number of hydrogen-bond donors (Lipinski definition) is 3. The summed E-state index contributed by atoms with van der Waals surface area (Å²) in [6, 6.07) is 20.5. The Morgan fingerprint density at radius 1 is 0.984 bits per heavy atom. The van der Waals surface area contributed by atoms with Crippen molar-refractivity contribution in [1.82, 2.24) is 30.4 Å². The van der Waals surface area contributed by atoms with Crippen molar-refractivity contribution in [1.29, 1.82) is 0 Å². The lowest BCUT2D eigenvalue weighted by Gasteiger charge is -2.37. The SMILES string of the molecule is C=C1C[C@@H](c2ncc(-c3ccc(-c4ccc5cc(/C(=C/C)NC(C)[C@@H]6CCCN6C(=O)[C@@H](NC(=O)OC)C6CCOCC6)ccc5c4)cc3)[nH]2)N(C(=O)OC(C)(C)CC)C1.CC.[HH].[HH]. The van der Waals surface area contributed by atoms with Gasteiger partial charge in [0.25, 0.3) is 0 Å². The smallest absolute Gasteiger partial charge is 0.411 e. The number of allylic oxidation sites excluding steroid dienone is 1. The normalized spacial score (nSPS) is 19.4. The second kappa shape index (κ2) is 20.5. The van der Waals surface area contributed by atoms with Crippen molar-refractivity contribution < 1.29 is 31.4 Å². The Hall–Kier alpha value is -5.62. The van der Waals surface area contributed by atoms with Gasteiger partial charge in [0, 0.05) is 40.9 Å². The average molecular weight is 851 g/mol. The maximum atomic E-state index is 14.1. The molecular weight excluding hydrogens is 781 g/mol. The fourth-order valence-electron chi connectivity index (χ4n) is 8.75. The van der Waals surface area contributed by atoms with Crippen LogP contribution in [0.3, 0.4) is 0 Å². The van der Waals surface area contributed by atoms with E-state index in [4.69, 9.17) is 14.2 Å². The molecule has 3 aromatic carbocycles. The van der Waals surface area contributed by atoms with Crippen LogP contribution in [0.4, 0.5) is 9.59 Å². The summed E-state index contributed by atoms with van der Waals surface area (Å²) in [5.41, 5.74) is 6.61. The number of nitrogens with one attached hydrogen (secondary N) is 3. The first-order chi connectivity index (χ1) is 29.9. The van der Waals surface area contributed by atoms with Crippen molar-refractivity contribution in [3.63, 3.8) is 0 Å². The van der Waals surface area contributed by atoms with Crippen molar-refractivity contribution >= 4 is 34.6 Å². The lowest BCUT2D eigenvalue weighted by atomic mass is 9.90. The van der Waals surface area contributed by atoms with Crippen LogP contribution in [-0.2, 0) is 19.0 Å². The third-order valence-corrected chi connectivity index (χ3v) is 12.6. The van der Waals surface area contributed by atoms with Gasteiger partial charge in [-0.05, 0) is 117 Å². The average Bonchev–Trinajstić information content (AvgIpc) is 4.08. The minimum atomic E-state index is -0.642. The number of imidazole rings is 1. The number of methoxy groups -OCH3 is 1. The van der Waals surface area contributed by atoms with Gasteiger partial charge in [-0.25, -0.2) is 14.6 Å². The van der Waals surface area contributed by atoms with Gasteiger partial charge in [0.05, 0.1) is 31.1 Å². The number of fused-ring (bicyclic) bond motifs is 1. The van der Waals surface area contributed by atoms with Crippen molar-refractivity contribution in [2.45, 2.75) is 117 Å². The maximum Gasteiger partial charge on any atom is 0.411 e. The maximum absolute atomic E-state index is 14.1. The zero-order chi connectivity index (χ0) is 44.6. The molecular formula is C50H70N6O6. The summed E-state index contributed by atoms with van der Waals surface area (Å²) in [5, 5.41) is 8.85. The van der Waals surface area contributed by atoms with Crippen LogP contribution >= 0.6 is 0 Å². The first kappa shape index (κ1) is 45.9. The molecule has 1 unspecified atom stereocenters. The van der Waals surface area contributed by atoms with E-state index < -0.39 is 17.7 Å². The first-order valence-electron chi connectivity index (χ1n) is 22.4. The highest BCUT2D eigenvalue weighted by Crippen LogP contribution is 2.36. The number of aromatic amines is 1. The second-order valence-corrected chi connectivity index (χ2v) is 17.1. The minimum absolute atomic E-state index is 0. The summed E-state index contributed by atoms with van der Waals surface area (Å²) < 4.78 is 16.3. The van der Waals surface area contributed by atoms with E-state index in [9.17, 15) is 14.4 Å². The quantitative estimate of drug-likeness (QED) is 0.120. The molecule has 3 N–H and O–H groups in total. The van der Waals surface area contributed by atoms with Gasteiger partial charge in [0.2, 0.25) is 5.91 Å². The highest BCUT2D eigenvalue weighted by Gasteiger charge is 2.41. The molecule has 0 bridgehead atoms. The monoisotopic (exact) mass is 851 g/mol. The van der Waals surface area contributed by atoms with Gasteiger partial charge in [0.1, 0.15) is 17.5 Å². The number of ether oxygens (including phenoxy) is 3. The van der Waals surface area contributed by atoms with E-state index in [1.54, 1.807) is 4.90 Å². The minimum Gasteiger partial charge on any atom is -0.453 e. The molecule has 0 saturated carbocycles. The predicted molar refractivity (Wildman–Crippen MR) is 250 cm³/mol. The summed E-state index contributed by atoms with van der Waals surface area (Å²) in [6.45, 7) is 20.4. The van der Waals surface area contributed by atoms with Crippen LogP contribution in [0.5, 0.6) is 0 Å². The van der Waals surface area contributed by atoms with E-state index in [2.05, 4.69) is 101 Å². The number of hydrogen-bond acceptors (Lipinski definition) is 8. The standard InChI is InChI=1S/C48H60N6O6.C2H6.2H2/c1-8-39(50-31(4)41-11-10-22-53(41)45(55)43(52-46(56)58-7)34-20-23-59-24-21-34)38-19-18-36-26-35(16-17-37(36)27-38)32-12-14-33(15-13-32)40-28-49-44(51-40)42-25-30(3)29-54(42)47(57)60-48(5,6)9-2;1-2;;/h8,12-19,26-28,31,34,41-43,50H,3,9-11,20-25,29H2,1-2,4-7H3,(H,49,51)(H,52,56);1-2H3;2*1H/b39-8-;;;/t31?,41-,42-,43-;;;/m0.../s1. The Labute approximate surface area is 370 Å². The van der Waals surface area contributed by atoms with Crippen LogP contribution in [0.1, 0.15) is 107 Å². The molecule has 1 aromatic heterocycles. The van der Waals surface area contributed by atoms with Crippen LogP contribution in [-0.4, -0.2) is 95.0 Å². The molecule has 336 valence electrons. The molecule has 3 aliphatic rings. The van der Waals surface area contributed by atoms with Gasteiger partial charge in [-0.15, -0.1) is 0 Å². The van der Waals surface area contributed by atoms with Crippen LogP contribution in [0.15, 0.2) is 85.1 Å². The van der Waals surface area contributed by atoms with E-state index >= 15 is 0 Å². The van der Waals surface area contributed by atoms with Gasteiger partial charge < -0.3 is 34.7 Å². The van der Waals surface area contributed by atoms with E-state index in [0.717, 1.165) is 87.9 Å². The lowest BCUT2D eigenvalue weighted by molar-refractivity contribution is -0.137. The molecule has 7 rings (SSSR count). The Morgan fingerprint density at radius 2 is 1.66 bits per heavy atom. The van der Waals surface area contributed by atoms with Gasteiger partial charge >= 0.3 is 12.2 Å². The van der Waals surface area contributed by atoms with Gasteiger partial charge in [-0.1, -0.05) is 87.5 Å². The molecule has 3 saturated heterocycles. The molecule has 62 heavy (non-hydrogen) atoms. The molecule has 3 fully saturated rings. The van der Waals surface area contributed by atoms with Crippen LogP contribution in [0, 0.1) is 5.92 Å². The molecule has 4 heterocycles. The number of amides is 3. The summed E-state index contributed by atoms with van der Waals surface area (Å²) in [6.07, 6.45) is 7.57. The van der Waals surface area contributed by atoms with Crippen LogP contribution < -0.4 is 10.6 Å². The zero-order valence-electron chi connectivity index (χ0n) is 37.9. The number of benzene rings is 3. The van der Waals surface area contributed by atoms with E-state index in [0.29, 0.717) is 32.7 Å². The van der Waals surface area contributed by atoms with Crippen molar-refractivity contribution in [3.05, 3.63) is 96.5 Å². The summed E-state index contributed by atoms with van der Waals surface area (Å²) >= 11 is 0. The second-order valence-electron chi connectivity index (χ2n) is 17.1. The largest absolute Gasteiger partial charge is 0.453 e. The summed E-state index contributed by atoms with van der Waals surface area (Å²) in [7, 11) is 1.33. The topological polar surface area (TPSA) is 138 Å². The molecule has 3 amide bonds. The van der Waals surface area contributed by atoms with Crippen molar-refractivity contribution in [2.24, 2.45) is 5.92 Å².